The lowest BCUT2D eigenvalue weighted by atomic mass is 9.51. The summed E-state index contributed by atoms with van der Waals surface area (Å²) in [6, 6.07) is 15.3. The van der Waals surface area contributed by atoms with E-state index in [2.05, 4.69) is 0 Å². The van der Waals surface area contributed by atoms with Crippen molar-refractivity contribution >= 4 is 52.3 Å². The number of fused-ring (bicyclic) bond motifs is 4. The van der Waals surface area contributed by atoms with E-state index in [-0.39, 0.29) is 40.7 Å². The fourth-order valence-electron chi connectivity index (χ4n) is 7.97. The van der Waals surface area contributed by atoms with Crippen LogP contribution in [0.5, 0.6) is 5.75 Å². The van der Waals surface area contributed by atoms with Gasteiger partial charge in [-0.05, 0) is 67.6 Å². The number of hydrogen-bond donors (Lipinski definition) is 1. The Morgan fingerprint density at radius 3 is 2.38 bits per heavy atom. The molecule has 3 aromatic rings. The van der Waals surface area contributed by atoms with Gasteiger partial charge in [0.05, 0.1) is 44.5 Å². The number of nitro benzene ring substituents is 1. The zero-order chi connectivity index (χ0) is 31.9. The molecule has 228 valence electrons. The van der Waals surface area contributed by atoms with Gasteiger partial charge in [0, 0.05) is 18.1 Å². The summed E-state index contributed by atoms with van der Waals surface area (Å²) in [7, 11) is 0. The average Bonchev–Trinajstić information content (AvgIpc) is 3.38. The standard InChI is InChI=1S/C33H25ClFN3O7/c1-33-24(30(41)37(32(33)43)18-8-11-26(35)25(34)14-18)15-23-21(28(33)16-4-2-7-20(39)12-16)9-10-22-27(23)31(42)36(29(22)40)17-5-3-6-19(13-17)38(44)45/h2-9,11-14,22-24,27-28,39H,10,15H2,1H3. The molecule has 1 N–H and O–H groups in total. The number of benzene rings is 3. The molecule has 2 heterocycles. The second kappa shape index (κ2) is 10.1. The van der Waals surface area contributed by atoms with Crippen molar-refractivity contribution in [2.75, 3.05) is 9.80 Å². The maximum Gasteiger partial charge on any atom is 0.271 e. The molecule has 4 amide bonds. The fourth-order valence-corrected chi connectivity index (χ4v) is 8.14. The van der Waals surface area contributed by atoms with Gasteiger partial charge >= 0.3 is 0 Å². The third kappa shape index (κ3) is 4.06. The topological polar surface area (TPSA) is 138 Å². The number of hydrogen-bond acceptors (Lipinski definition) is 7. The number of aromatic hydroxyl groups is 1. The summed E-state index contributed by atoms with van der Waals surface area (Å²) in [5, 5.41) is 21.6. The van der Waals surface area contributed by atoms with Gasteiger partial charge in [0.25, 0.3) is 5.69 Å². The van der Waals surface area contributed by atoms with Crippen molar-refractivity contribution < 1.29 is 33.6 Å². The number of allylic oxidation sites excluding steroid dienone is 2. The van der Waals surface area contributed by atoms with Crippen LogP contribution in [0.1, 0.15) is 31.2 Å². The Kier molecular flexibility index (Phi) is 6.45. The monoisotopic (exact) mass is 629 g/mol. The fraction of sp³-hybridized carbons (Fsp3) is 0.273. The van der Waals surface area contributed by atoms with Crippen LogP contribution < -0.4 is 9.80 Å². The molecular formula is C33H25ClFN3O7. The quantitative estimate of drug-likeness (QED) is 0.173. The van der Waals surface area contributed by atoms with Crippen LogP contribution in [0.25, 0.3) is 0 Å². The zero-order valence-corrected chi connectivity index (χ0v) is 24.5. The zero-order valence-electron chi connectivity index (χ0n) is 23.7. The highest BCUT2D eigenvalue weighted by atomic mass is 35.5. The molecule has 0 spiro atoms. The predicted octanol–water partition coefficient (Wildman–Crippen LogP) is 5.53. The van der Waals surface area contributed by atoms with E-state index < -0.39 is 69.4 Å². The third-order valence-corrected chi connectivity index (χ3v) is 10.2. The molecule has 6 unspecified atom stereocenters. The Labute approximate surface area is 260 Å². The van der Waals surface area contributed by atoms with Crippen molar-refractivity contribution in [1.82, 2.24) is 0 Å². The van der Waals surface area contributed by atoms with E-state index in [1.807, 2.05) is 6.08 Å². The Morgan fingerprint density at radius 1 is 0.933 bits per heavy atom. The lowest BCUT2D eigenvalue weighted by molar-refractivity contribution is -0.384. The van der Waals surface area contributed by atoms with Crippen molar-refractivity contribution in [2.45, 2.75) is 25.7 Å². The van der Waals surface area contributed by atoms with E-state index in [0.717, 1.165) is 15.9 Å². The summed E-state index contributed by atoms with van der Waals surface area (Å²) in [6.45, 7) is 1.69. The lowest BCUT2D eigenvalue weighted by Gasteiger charge is -2.49. The number of nitrogens with zero attached hydrogens (tertiary/aromatic N) is 3. The number of nitro groups is 1. The van der Waals surface area contributed by atoms with Gasteiger partial charge in [-0.3, -0.25) is 29.3 Å². The van der Waals surface area contributed by atoms with Crippen LogP contribution >= 0.6 is 11.6 Å². The summed E-state index contributed by atoms with van der Waals surface area (Å²) in [6.07, 6.45) is 2.12. The molecule has 7 rings (SSSR count). The Hall–Kier alpha value is -4.90. The third-order valence-electron chi connectivity index (χ3n) is 9.94. The van der Waals surface area contributed by atoms with E-state index in [1.54, 1.807) is 19.1 Å². The Bertz CT molecular complexity index is 1900. The summed E-state index contributed by atoms with van der Waals surface area (Å²) >= 11 is 6.03. The Morgan fingerprint density at radius 2 is 1.67 bits per heavy atom. The number of carbonyl (C=O) groups is 4. The van der Waals surface area contributed by atoms with E-state index in [9.17, 15) is 38.8 Å². The van der Waals surface area contributed by atoms with Crippen LogP contribution in [-0.2, 0) is 19.2 Å². The first kappa shape index (κ1) is 28.8. The summed E-state index contributed by atoms with van der Waals surface area (Å²) in [5.41, 5.74) is -0.151. The highest BCUT2D eigenvalue weighted by molar-refractivity contribution is 6.32. The second-order valence-electron chi connectivity index (χ2n) is 12.1. The summed E-state index contributed by atoms with van der Waals surface area (Å²) in [5.74, 6) is -6.78. The van der Waals surface area contributed by atoms with Gasteiger partial charge in [-0.25, -0.2) is 14.2 Å². The SMILES string of the molecule is CC12C(=O)N(c3ccc(F)c(Cl)c3)C(=O)C1CC1C(=CCC3C(=O)N(c4cccc([N+](=O)[O-])c4)C(=O)C31)C2c1cccc(O)c1. The van der Waals surface area contributed by atoms with E-state index in [0.29, 0.717) is 11.1 Å². The van der Waals surface area contributed by atoms with Crippen LogP contribution in [0.4, 0.5) is 21.5 Å². The molecule has 3 fully saturated rings. The normalized spacial score (nSPS) is 29.0. The van der Waals surface area contributed by atoms with Crippen LogP contribution in [0.2, 0.25) is 5.02 Å². The van der Waals surface area contributed by atoms with Crippen molar-refractivity contribution in [3.63, 3.8) is 0 Å². The van der Waals surface area contributed by atoms with E-state index in [4.69, 9.17) is 11.6 Å². The van der Waals surface area contributed by atoms with Crippen LogP contribution in [0, 0.1) is 45.0 Å². The number of phenols is 1. The molecule has 0 radical (unpaired) electrons. The van der Waals surface area contributed by atoms with Crippen molar-refractivity contribution in [3.8, 4) is 5.75 Å². The van der Waals surface area contributed by atoms with Gasteiger partial charge in [-0.2, -0.15) is 0 Å². The second-order valence-corrected chi connectivity index (χ2v) is 12.6. The highest BCUT2D eigenvalue weighted by Gasteiger charge is 2.67. The minimum Gasteiger partial charge on any atom is -0.508 e. The maximum atomic E-state index is 14.4. The number of halogens is 2. The highest BCUT2D eigenvalue weighted by Crippen LogP contribution is 2.64. The molecule has 45 heavy (non-hydrogen) atoms. The molecular weight excluding hydrogens is 605 g/mol. The molecule has 6 atom stereocenters. The van der Waals surface area contributed by atoms with Gasteiger partial charge in [0.15, 0.2) is 0 Å². The largest absolute Gasteiger partial charge is 0.508 e. The molecule has 0 aromatic heterocycles. The van der Waals surface area contributed by atoms with Crippen LogP contribution in [0.3, 0.4) is 0 Å². The van der Waals surface area contributed by atoms with Gasteiger partial charge in [-0.1, -0.05) is 41.4 Å². The average molecular weight is 630 g/mol. The minimum absolute atomic E-state index is 0.0491. The molecule has 2 aliphatic carbocycles. The number of phenolic OH excluding ortho intramolecular Hbond substituents is 1. The van der Waals surface area contributed by atoms with Crippen molar-refractivity contribution in [2.24, 2.45) is 29.1 Å². The summed E-state index contributed by atoms with van der Waals surface area (Å²) < 4.78 is 14.0. The molecule has 4 aliphatic rings. The number of imide groups is 2. The molecule has 12 heteroatoms. The molecule has 2 saturated heterocycles. The van der Waals surface area contributed by atoms with Crippen molar-refractivity contribution in [1.29, 1.82) is 0 Å². The lowest BCUT2D eigenvalue weighted by Crippen LogP contribution is -2.48. The van der Waals surface area contributed by atoms with E-state index in [1.165, 1.54) is 48.5 Å². The van der Waals surface area contributed by atoms with Gasteiger partial charge in [-0.15, -0.1) is 0 Å². The minimum atomic E-state index is -1.35. The van der Waals surface area contributed by atoms with Crippen molar-refractivity contribution in [3.05, 3.63) is 105 Å². The summed E-state index contributed by atoms with van der Waals surface area (Å²) in [4.78, 5) is 69.2. The molecule has 2 aliphatic heterocycles. The van der Waals surface area contributed by atoms with Gasteiger partial charge < -0.3 is 5.11 Å². The first-order valence-electron chi connectivity index (χ1n) is 14.4. The molecule has 0 bridgehead atoms. The number of anilines is 2. The number of non-ortho nitro benzene ring substituents is 1. The first-order valence-corrected chi connectivity index (χ1v) is 14.8. The van der Waals surface area contributed by atoms with Gasteiger partial charge in [0.2, 0.25) is 23.6 Å². The number of carbonyl (C=O) groups excluding carboxylic acids is 4. The van der Waals surface area contributed by atoms with Crippen LogP contribution in [0.15, 0.2) is 78.4 Å². The predicted molar refractivity (Wildman–Crippen MR) is 160 cm³/mol. The van der Waals surface area contributed by atoms with E-state index >= 15 is 0 Å². The first-order chi connectivity index (χ1) is 21.4. The molecule has 3 aromatic carbocycles. The Balaban J connectivity index is 1.35. The molecule has 1 saturated carbocycles. The van der Waals surface area contributed by atoms with Crippen LogP contribution in [-0.4, -0.2) is 33.7 Å². The number of rotatable bonds is 4. The smallest absolute Gasteiger partial charge is 0.271 e. The number of amides is 4. The molecule has 10 nitrogen and oxygen atoms in total. The maximum absolute atomic E-state index is 14.4. The van der Waals surface area contributed by atoms with Gasteiger partial charge in [0.1, 0.15) is 11.6 Å².